The minimum atomic E-state index is 0.217. The van der Waals surface area contributed by atoms with Gasteiger partial charge < -0.3 is 9.64 Å². The highest BCUT2D eigenvalue weighted by Gasteiger charge is 2.30. The molecular formula is C17H31NO2. The molecule has 0 aromatic heterocycles. The van der Waals surface area contributed by atoms with E-state index in [0.29, 0.717) is 5.91 Å². The van der Waals surface area contributed by atoms with Crippen molar-refractivity contribution in [2.75, 3.05) is 26.3 Å². The molecule has 0 spiro atoms. The van der Waals surface area contributed by atoms with Crippen molar-refractivity contribution in [3.63, 3.8) is 0 Å². The first-order chi connectivity index (χ1) is 9.72. The minimum Gasteiger partial charge on any atom is -0.381 e. The highest BCUT2D eigenvalue weighted by Crippen LogP contribution is 2.32. The Kier molecular flexibility index (Phi) is 6.34. The average Bonchev–Trinajstić information content (AvgIpc) is 2.53. The van der Waals surface area contributed by atoms with Gasteiger partial charge in [0.25, 0.3) is 0 Å². The number of amides is 1. The van der Waals surface area contributed by atoms with Crippen molar-refractivity contribution in [1.82, 2.24) is 4.90 Å². The van der Waals surface area contributed by atoms with Crippen LogP contribution < -0.4 is 0 Å². The monoisotopic (exact) mass is 281 g/mol. The number of ether oxygens (including phenoxy) is 1. The van der Waals surface area contributed by atoms with E-state index in [1.54, 1.807) is 0 Å². The van der Waals surface area contributed by atoms with E-state index in [1.165, 1.54) is 38.5 Å². The van der Waals surface area contributed by atoms with Crippen LogP contribution in [0.4, 0.5) is 0 Å². The van der Waals surface area contributed by atoms with Gasteiger partial charge in [0.2, 0.25) is 5.91 Å². The highest BCUT2D eigenvalue weighted by molar-refractivity contribution is 5.78. The zero-order valence-corrected chi connectivity index (χ0v) is 13.3. The third-order valence-corrected chi connectivity index (χ3v) is 5.20. The highest BCUT2D eigenvalue weighted by atomic mass is 16.5. The first-order valence-corrected chi connectivity index (χ1v) is 8.59. The number of rotatable bonds is 5. The molecule has 20 heavy (non-hydrogen) atoms. The van der Waals surface area contributed by atoms with Gasteiger partial charge in [-0.15, -0.1) is 0 Å². The van der Waals surface area contributed by atoms with Crippen LogP contribution in [0.3, 0.4) is 0 Å². The number of hydrogen-bond donors (Lipinski definition) is 0. The summed E-state index contributed by atoms with van der Waals surface area (Å²) >= 11 is 0. The van der Waals surface area contributed by atoms with Gasteiger partial charge in [-0.1, -0.05) is 26.7 Å². The summed E-state index contributed by atoms with van der Waals surface area (Å²) in [6.45, 7) is 8.14. The third-order valence-electron chi connectivity index (χ3n) is 5.20. The Balaban J connectivity index is 1.74. The molecule has 0 radical (unpaired) electrons. The van der Waals surface area contributed by atoms with Gasteiger partial charge in [-0.3, -0.25) is 4.79 Å². The van der Waals surface area contributed by atoms with Crippen LogP contribution in [0.1, 0.15) is 58.8 Å². The maximum atomic E-state index is 12.4. The fourth-order valence-electron chi connectivity index (χ4n) is 3.72. The van der Waals surface area contributed by atoms with E-state index in [0.717, 1.165) is 44.6 Å². The largest absolute Gasteiger partial charge is 0.381 e. The lowest BCUT2D eigenvalue weighted by molar-refractivity contribution is -0.137. The van der Waals surface area contributed by atoms with Gasteiger partial charge in [0.05, 0.1) is 0 Å². The lowest BCUT2D eigenvalue weighted by Gasteiger charge is -2.38. The molecule has 3 heteroatoms. The van der Waals surface area contributed by atoms with Crippen LogP contribution in [0.25, 0.3) is 0 Å². The maximum Gasteiger partial charge on any atom is 0.225 e. The van der Waals surface area contributed by atoms with Crippen LogP contribution in [-0.2, 0) is 9.53 Å². The summed E-state index contributed by atoms with van der Waals surface area (Å²) in [5.41, 5.74) is 0. The van der Waals surface area contributed by atoms with Crippen molar-refractivity contribution < 1.29 is 9.53 Å². The Morgan fingerprint density at radius 1 is 1.15 bits per heavy atom. The summed E-state index contributed by atoms with van der Waals surface area (Å²) in [4.78, 5) is 14.5. The quantitative estimate of drug-likeness (QED) is 0.772. The SMILES string of the molecule is CCCCC(C)C(=O)N1CCC(C2CCOCC2)CC1. The summed E-state index contributed by atoms with van der Waals surface area (Å²) in [6.07, 6.45) is 8.27. The van der Waals surface area contributed by atoms with Gasteiger partial charge in [-0.05, 0) is 43.9 Å². The van der Waals surface area contributed by atoms with E-state index in [-0.39, 0.29) is 5.92 Å². The second kappa shape index (κ2) is 8.02. The number of hydrogen-bond acceptors (Lipinski definition) is 2. The number of piperidine rings is 1. The second-order valence-corrected chi connectivity index (χ2v) is 6.66. The van der Waals surface area contributed by atoms with E-state index in [1.807, 2.05) is 0 Å². The lowest BCUT2D eigenvalue weighted by Crippen LogP contribution is -2.43. The Morgan fingerprint density at radius 3 is 2.35 bits per heavy atom. The first kappa shape index (κ1) is 15.8. The Bertz CT molecular complexity index is 291. The number of carbonyl (C=O) groups excluding carboxylic acids is 1. The number of likely N-dealkylation sites (tertiary alicyclic amines) is 1. The second-order valence-electron chi connectivity index (χ2n) is 6.66. The Hall–Kier alpha value is -0.570. The fraction of sp³-hybridized carbons (Fsp3) is 0.941. The van der Waals surface area contributed by atoms with E-state index in [2.05, 4.69) is 18.7 Å². The molecule has 0 aliphatic carbocycles. The maximum absolute atomic E-state index is 12.4. The van der Waals surface area contributed by atoms with Crippen molar-refractivity contribution in [2.24, 2.45) is 17.8 Å². The third kappa shape index (κ3) is 4.21. The minimum absolute atomic E-state index is 0.217. The summed E-state index contributed by atoms with van der Waals surface area (Å²) in [5.74, 6) is 2.28. The molecule has 2 fully saturated rings. The number of nitrogens with zero attached hydrogens (tertiary/aromatic N) is 1. The predicted octanol–water partition coefficient (Wildman–Crippen LogP) is 3.48. The van der Waals surface area contributed by atoms with Crippen LogP contribution >= 0.6 is 0 Å². The molecule has 2 rings (SSSR count). The number of unbranched alkanes of at least 4 members (excludes halogenated alkanes) is 1. The molecule has 0 saturated carbocycles. The Labute approximate surface area is 124 Å². The van der Waals surface area contributed by atoms with Crippen molar-refractivity contribution in [3.8, 4) is 0 Å². The molecule has 2 aliphatic rings. The molecule has 0 aromatic carbocycles. The molecule has 3 nitrogen and oxygen atoms in total. The first-order valence-electron chi connectivity index (χ1n) is 8.59. The molecule has 116 valence electrons. The molecule has 2 heterocycles. The normalized spacial score (nSPS) is 23.8. The van der Waals surface area contributed by atoms with Gasteiger partial charge >= 0.3 is 0 Å². The van der Waals surface area contributed by atoms with Crippen LogP contribution in [0, 0.1) is 17.8 Å². The molecule has 0 N–H and O–H groups in total. The fourth-order valence-corrected chi connectivity index (χ4v) is 3.72. The lowest BCUT2D eigenvalue weighted by atomic mass is 9.80. The summed E-state index contributed by atoms with van der Waals surface area (Å²) in [5, 5.41) is 0. The zero-order valence-electron chi connectivity index (χ0n) is 13.3. The molecule has 1 amide bonds. The standard InChI is InChI=1S/C17H31NO2/c1-3-4-5-14(2)17(19)18-10-6-15(7-11-18)16-8-12-20-13-9-16/h14-16H,3-13H2,1-2H3. The van der Waals surface area contributed by atoms with Crippen molar-refractivity contribution >= 4 is 5.91 Å². The molecule has 2 saturated heterocycles. The van der Waals surface area contributed by atoms with E-state index in [9.17, 15) is 4.79 Å². The van der Waals surface area contributed by atoms with Crippen molar-refractivity contribution in [2.45, 2.75) is 58.8 Å². The van der Waals surface area contributed by atoms with Crippen LogP contribution in [0.15, 0.2) is 0 Å². The van der Waals surface area contributed by atoms with Gasteiger partial charge in [0, 0.05) is 32.2 Å². The predicted molar refractivity (Wildman–Crippen MR) is 81.5 cm³/mol. The topological polar surface area (TPSA) is 29.5 Å². The molecule has 2 aliphatic heterocycles. The number of carbonyl (C=O) groups is 1. The summed E-state index contributed by atoms with van der Waals surface area (Å²) in [6, 6.07) is 0. The van der Waals surface area contributed by atoms with Gasteiger partial charge in [0.1, 0.15) is 0 Å². The van der Waals surface area contributed by atoms with Gasteiger partial charge in [-0.25, -0.2) is 0 Å². The smallest absolute Gasteiger partial charge is 0.225 e. The molecule has 0 bridgehead atoms. The van der Waals surface area contributed by atoms with Crippen LogP contribution in [0.2, 0.25) is 0 Å². The molecular weight excluding hydrogens is 250 g/mol. The molecule has 1 atom stereocenters. The van der Waals surface area contributed by atoms with E-state index in [4.69, 9.17) is 4.74 Å². The molecule has 1 unspecified atom stereocenters. The summed E-state index contributed by atoms with van der Waals surface area (Å²) in [7, 11) is 0. The Morgan fingerprint density at radius 2 is 1.75 bits per heavy atom. The van der Waals surface area contributed by atoms with Crippen LogP contribution in [0.5, 0.6) is 0 Å². The van der Waals surface area contributed by atoms with Crippen LogP contribution in [-0.4, -0.2) is 37.1 Å². The van der Waals surface area contributed by atoms with E-state index < -0.39 is 0 Å². The average molecular weight is 281 g/mol. The van der Waals surface area contributed by atoms with E-state index >= 15 is 0 Å². The van der Waals surface area contributed by atoms with Gasteiger partial charge in [0.15, 0.2) is 0 Å². The van der Waals surface area contributed by atoms with Gasteiger partial charge in [-0.2, -0.15) is 0 Å². The zero-order chi connectivity index (χ0) is 14.4. The molecule has 0 aromatic rings. The summed E-state index contributed by atoms with van der Waals surface area (Å²) < 4.78 is 5.45. The van der Waals surface area contributed by atoms with Crippen molar-refractivity contribution in [3.05, 3.63) is 0 Å². The van der Waals surface area contributed by atoms with Crippen molar-refractivity contribution in [1.29, 1.82) is 0 Å².